The summed E-state index contributed by atoms with van der Waals surface area (Å²) in [5.41, 5.74) is 3.95. The van der Waals surface area contributed by atoms with E-state index in [9.17, 15) is 4.79 Å². The second kappa shape index (κ2) is 6.20. The highest BCUT2D eigenvalue weighted by atomic mass is 79.9. The van der Waals surface area contributed by atoms with Gasteiger partial charge in [-0.25, -0.2) is 0 Å². The van der Waals surface area contributed by atoms with Gasteiger partial charge in [0.1, 0.15) is 0 Å². The summed E-state index contributed by atoms with van der Waals surface area (Å²) < 4.78 is 1.73. The van der Waals surface area contributed by atoms with Crippen LogP contribution in [0, 0.1) is 24.7 Å². The van der Waals surface area contributed by atoms with Crippen molar-refractivity contribution in [2.24, 2.45) is 0 Å². The van der Waals surface area contributed by atoms with Gasteiger partial charge in [0.15, 0.2) is 3.95 Å². The lowest BCUT2D eigenvalue weighted by Gasteiger charge is -2.12. The molecule has 0 aliphatic heterocycles. The Balaban J connectivity index is 2.17. The van der Waals surface area contributed by atoms with Gasteiger partial charge in [0.05, 0.1) is 6.42 Å². The molecule has 2 N–H and O–H groups in total. The van der Waals surface area contributed by atoms with Crippen LogP contribution < -0.4 is 5.32 Å². The highest BCUT2D eigenvalue weighted by Gasteiger charge is 2.12. The number of amides is 1. The number of hydrogen-bond acceptors (Lipinski definition) is 3. The van der Waals surface area contributed by atoms with Gasteiger partial charge < -0.3 is 10.3 Å². The third-order valence-electron chi connectivity index (χ3n) is 3.01. The number of benzene rings is 1. The van der Waals surface area contributed by atoms with Gasteiger partial charge in [-0.3, -0.25) is 4.79 Å². The summed E-state index contributed by atoms with van der Waals surface area (Å²) in [6.45, 7) is 5.91. The van der Waals surface area contributed by atoms with Crippen molar-refractivity contribution < 1.29 is 4.79 Å². The fraction of sp³-hybridized carbons (Fsp3) is 0.286. The van der Waals surface area contributed by atoms with Crippen LogP contribution in [0.25, 0.3) is 0 Å². The zero-order valence-electron chi connectivity index (χ0n) is 11.5. The number of aromatic nitrogens is 1. The Bertz CT molecular complexity index is 695. The molecule has 0 saturated heterocycles. The highest BCUT2D eigenvalue weighted by Crippen LogP contribution is 2.25. The number of halogens is 1. The maximum Gasteiger partial charge on any atom is 0.229 e. The Morgan fingerprint density at radius 3 is 2.45 bits per heavy atom. The molecule has 0 saturated carbocycles. The Morgan fingerprint density at radius 1 is 1.35 bits per heavy atom. The molecular formula is C14H15BrN2OS2. The highest BCUT2D eigenvalue weighted by molar-refractivity contribution is 9.10. The number of thiazole rings is 1. The lowest BCUT2D eigenvalue weighted by atomic mass is 10.1. The smallest absolute Gasteiger partial charge is 0.229 e. The van der Waals surface area contributed by atoms with Crippen molar-refractivity contribution in [2.75, 3.05) is 5.32 Å². The van der Waals surface area contributed by atoms with E-state index < -0.39 is 0 Å². The molecule has 0 bridgehead atoms. The number of hydrogen-bond donors (Lipinski definition) is 2. The Morgan fingerprint density at radius 2 is 1.95 bits per heavy atom. The monoisotopic (exact) mass is 370 g/mol. The van der Waals surface area contributed by atoms with Gasteiger partial charge in [0.2, 0.25) is 5.91 Å². The van der Waals surface area contributed by atoms with Gasteiger partial charge in [0, 0.05) is 20.7 Å². The van der Waals surface area contributed by atoms with Crippen molar-refractivity contribution in [3.05, 3.63) is 42.3 Å². The number of rotatable bonds is 3. The topological polar surface area (TPSA) is 44.9 Å². The second-order valence-electron chi connectivity index (χ2n) is 4.70. The zero-order chi connectivity index (χ0) is 14.9. The van der Waals surface area contributed by atoms with Gasteiger partial charge in [-0.15, -0.1) is 11.3 Å². The molecule has 6 heteroatoms. The maximum absolute atomic E-state index is 12.2. The molecule has 0 spiro atoms. The second-order valence-corrected chi connectivity index (χ2v) is 7.39. The van der Waals surface area contributed by atoms with E-state index in [1.54, 1.807) is 0 Å². The van der Waals surface area contributed by atoms with Crippen molar-refractivity contribution >= 4 is 51.1 Å². The lowest BCUT2D eigenvalue weighted by molar-refractivity contribution is -0.115. The van der Waals surface area contributed by atoms with Crippen LogP contribution in [-0.4, -0.2) is 10.9 Å². The molecule has 1 heterocycles. The molecule has 0 atom stereocenters. The summed E-state index contributed by atoms with van der Waals surface area (Å²) in [5, 5.41) is 2.99. The van der Waals surface area contributed by atoms with Crippen molar-refractivity contribution in [3.63, 3.8) is 0 Å². The maximum atomic E-state index is 12.2. The number of anilines is 1. The van der Waals surface area contributed by atoms with Crippen LogP contribution in [0.1, 0.15) is 21.7 Å². The van der Waals surface area contributed by atoms with Crippen LogP contribution >= 0.6 is 39.5 Å². The fourth-order valence-electron chi connectivity index (χ4n) is 2.04. The average Bonchev–Trinajstić information content (AvgIpc) is 2.62. The number of H-pyrrole nitrogens is 1. The van der Waals surface area contributed by atoms with E-state index in [0.29, 0.717) is 10.4 Å². The quantitative estimate of drug-likeness (QED) is 0.770. The van der Waals surface area contributed by atoms with E-state index in [1.165, 1.54) is 11.3 Å². The van der Waals surface area contributed by atoms with Crippen LogP contribution in [0.3, 0.4) is 0 Å². The van der Waals surface area contributed by atoms with Gasteiger partial charge in [-0.2, -0.15) is 0 Å². The molecule has 3 nitrogen and oxygen atoms in total. The number of nitrogens with one attached hydrogen (secondary N) is 2. The molecule has 106 valence electrons. The summed E-state index contributed by atoms with van der Waals surface area (Å²) >= 11 is 9.99. The summed E-state index contributed by atoms with van der Waals surface area (Å²) in [5.74, 6) is -0.0214. The number of carbonyl (C=O) groups is 1. The molecule has 0 aliphatic rings. The van der Waals surface area contributed by atoms with Crippen molar-refractivity contribution in [3.8, 4) is 0 Å². The van der Waals surface area contributed by atoms with E-state index >= 15 is 0 Å². The first-order valence-electron chi connectivity index (χ1n) is 6.12. The number of carbonyl (C=O) groups excluding carboxylic acids is 1. The average molecular weight is 371 g/mol. The standard InChI is InChI=1S/C14H15BrN2OS2/c1-7-4-10(15)5-8(2)13(7)17-12(18)6-11-9(3)16-14(19)20-11/h4-5H,6H2,1-3H3,(H,16,19)(H,17,18). The predicted molar refractivity (Wildman–Crippen MR) is 90.2 cm³/mol. The molecule has 2 aromatic rings. The molecule has 20 heavy (non-hydrogen) atoms. The fourth-order valence-corrected chi connectivity index (χ4v) is 4.02. The van der Waals surface area contributed by atoms with Gasteiger partial charge in [0.25, 0.3) is 0 Å². The first kappa shape index (κ1) is 15.4. The van der Waals surface area contributed by atoms with E-state index in [1.807, 2.05) is 32.9 Å². The van der Waals surface area contributed by atoms with Crippen LogP contribution in [-0.2, 0) is 11.2 Å². The largest absolute Gasteiger partial charge is 0.341 e. The van der Waals surface area contributed by atoms with Crippen molar-refractivity contribution in [1.82, 2.24) is 4.98 Å². The van der Waals surface area contributed by atoms with Gasteiger partial charge in [-0.05, 0) is 56.2 Å². The minimum atomic E-state index is -0.0214. The SMILES string of the molecule is Cc1cc(Br)cc(C)c1NC(=O)Cc1sc(=S)[nH]c1C. The molecule has 2 rings (SSSR count). The minimum absolute atomic E-state index is 0.0214. The van der Waals surface area contributed by atoms with E-state index in [2.05, 4.69) is 26.2 Å². The lowest BCUT2D eigenvalue weighted by Crippen LogP contribution is -2.16. The summed E-state index contributed by atoms with van der Waals surface area (Å²) in [6.07, 6.45) is 0.346. The number of aryl methyl sites for hydroxylation is 3. The van der Waals surface area contributed by atoms with Gasteiger partial charge in [-0.1, -0.05) is 15.9 Å². The Labute approximate surface area is 135 Å². The molecule has 1 aromatic heterocycles. The van der Waals surface area contributed by atoms with Crippen LogP contribution in [0.2, 0.25) is 0 Å². The van der Waals surface area contributed by atoms with E-state index in [-0.39, 0.29) is 5.91 Å². The van der Waals surface area contributed by atoms with Crippen LogP contribution in [0.15, 0.2) is 16.6 Å². The Hall–Kier alpha value is -0.980. The Kier molecular flexibility index (Phi) is 4.78. The predicted octanol–water partition coefficient (Wildman–Crippen LogP) is 4.67. The summed E-state index contributed by atoms with van der Waals surface area (Å²) in [7, 11) is 0. The van der Waals surface area contributed by atoms with Crippen LogP contribution in [0.5, 0.6) is 0 Å². The molecule has 0 aliphatic carbocycles. The molecule has 0 fully saturated rings. The number of aromatic amines is 1. The summed E-state index contributed by atoms with van der Waals surface area (Å²) in [4.78, 5) is 16.2. The minimum Gasteiger partial charge on any atom is -0.341 e. The van der Waals surface area contributed by atoms with E-state index in [0.717, 1.165) is 31.9 Å². The molecule has 1 amide bonds. The summed E-state index contributed by atoms with van der Waals surface area (Å²) in [6, 6.07) is 3.99. The third kappa shape index (κ3) is 3.56. The molecule has 0 unspecified atom stereocenters. The van der Waals surface area contributed by atoms with Crippen LogP contribution in [0.4, 0.5) is 5.69 Å². The normalized spacial score (nSPS) is 10.6. The van der Waals surface area contributed by atoms with E-state index in [4.69, 9.17) is 12.2 Å². The van der Waals surface area contributed by atoms with Crippen molar-refractivity contribution in [1.29, 1.82) is 0 Å². The first-order valence-corrected chi connectivity index (χ1v) is 8.14. The van der Waals surface area contributed by atoms with Crippen molar-refractivity contribution in [2.45, 2.75) is 27.2 Å². The molecular weight excluding hydrogens is 356 g/mol. The third-order valence-corrected chi connectivity index (χ3v) is 4.80. The molecule has 0 radical (unpaired) electrons. The first-order chi connectivity index (χ1) is 9.36. The van der Waals surface area contributed by atoms with Gasteiger partial charge >= 0.3 is 0 Å². The zero-order valence-corrected chi connectivity index (χ0v) is 14.7. The molecule has 1 aromatic carbocycles.